The predicted molar refractivity (Wildman–Crippen MR) is 32.3 cm³/mol. The van der Waals surface area contributed by atoms with Crippen LogP contribution >= 0.6 is 0 Å². The van der Waals surface area contributed by atoms with Crippen molar-refractivity contribution in [2.24, 2.45) is 0 Å². The number of hydrogen-bond donors (Lipinski definition) is 1. The second-order valence-electron chi connectivity index (χ2n) is 1.92. The summed E-state index contributed by atoms with van der Waals surface area (Å²) in [6.45, 7) is 4.11. The van der Waals surface area contributed by atoms with Gasteiger partial charge in [-0.25, -0.2) is 0 Å². The van der Waals surface area contributed by atoms with Crippen molar-refractivity contribution in [3.05, 3.63) is 0 Å². The van der Waals surface area contributed by atoms with Gasteiger partial charge in [-0.3, -0.25) is 0 Å². The molecule has 0 amide bonds. The van der Waals surface area contributed by atoms with Gasteiger partial charge in [-0.1, -0.05) is 26.7 Å². The highest BCUT2D eigenvalue weighted by Gasteiger charge is 1.97. The first-order valence-corrected chi connectivity index (χ1v) is 2.78. The fourth-order valence-corrected chi connectivity index (χ4v) is 0.530. The molecule has 0 aliphatic rings. The molecular weight excluding hydrogens is 86.9 g/mol. The van der Waals surface area contributed by atoms with Gasteiger partial charge in [0.1, 0.15) is 0 Å². The standard InChI is InChI=1S/C5H12BO/c1-3-4-5(2)6-7/h5,7H,3-4H2,1-2H3. The summed E-state index contributed by atoms with van der Waals surface area (Å²) >= 11 is 0. The van der Waals surface area contributed by atoms with Gasteiger partial charge in [-0.2, -0.15) is 0 Å². The first-order chi connectivity index (χ1) is 3.31. The van der Waals surface area contributed by atoms with Crippen LogP contribution in [0.5, 0.6) is 0 Å². The lowest BCUT2D eigenvalue weighted by molar-refractivity contribution is 0.569. The lowest BCUT2D eigenvalue weighted by atomic mass is 9.79. The second kappa shape index (κ2) is 4.19. The molecule has 2 heteroatoms. The van der Waals surface area contributed by atoms with Gasteiger partial charge >= 0.3 is 0 Å². The molecule has 0 rings (SSSR count). The maximum Gasteiger partial charge on any atom is 0.290 e. The minimum absolute atomic E-state index is 0.380. The molecule has 0 heterocycles. The van der Waals surface area contributed by atoms with E-state index in [-0.39, 0.29) is 0 Å². The molecule has 1 radical (unpaired) electrons. The largest absolute Gasteiger partial charge is 0.454 e. The zero-order valence-corrected chi connectivity index (χ0v) is 5.02. The first-order valence-electron chi connectivity index (χ1n) is 2.78. The number of rotatable bonds is 3. The Morgan fingerprint density at radius 1 is 1.71 bits per heavy atom. The van der Waals surface area contributed by atoms with Crippen LogP contribution in [0, 0.1) is 0 Å². The molecule has 0 aromatic rings. The van der Waals surface area contributed by atoms with Crippen LogP contribution in [-0.2, 0) is 0 Å². The van der Waals surface area contributed by atoms with Crippen LogP contribution in [-0.4, -0.2) is 12.5 Å². The van der Waals surface area contributed by atoms with Gasteiger partial charge in [0.05, 0.1) is 0 Å². The third-order valence-corrected chi connectivity index (χ3v) is 0.998. The van der Waals surface area contributed by atoms with Crippen LogP contribution < -0.4 is 0 Å². The summed E-state index contributed by atoms with van der Waals surface area (Å²) in [5.74, 6) is 0.380. The molecule has 1 N–H and O–H groups in total. The highest BCUT2D eigenvalue weighted by Crippen LogP contribution is 2.07. The van der Waals surface area contributed by atoms with Crippen LogP contribution in [0.15, 0.2) is 0 Å². The molecule has 0 aromatic carbocycles. The lowest BCUT2D eigenvalue weighted by Gasteiger charge is -1.99. The third-order valence-electron chi connectivity index (χ3n) is 0.998. The normalized spacial score (nSPS) is 13.6. The molecule has 0 saturated carbocycles. The molecule has 0 aliphatic carbocycles. The van der Waals surface area contributed by atoms with Gasteiger partial charge < -0.3 is 5.02 Å². The maximum absolute atomic E-state index is 8.34. The quantitative estimate of drug-likeness (QED) is 0.527. The predicted octanol–water partition coefficient (Wildman–Crippen LogP) is 1.21. The zero-order chi connectivity index (χ0) is 5.70. The van der Waals surface area contributed by atoms with E-state index in [0.29, 0.717) is 5.82 Å². The van der Waals surface area contributed by atoms with Gasteiger partial charge in [-0.15, -0.1) is 0 Å². The van der Waals surface area contributed by atoms with E-state index in [2.05, 4.69) is 6.92 Å². The average Bonchev–Trinajstić information content (AvgIpc) is 1.68. The van der Waals surface area contributed by atoms with Gasteiger partial charge in [0.2, 0.25) is 0 Å². The summed E-state index contributed by atoms with van der Waals surface area (Å²) in [5.41, 5.74) is 0. The molecule has 1 nitrogen and oxygen atoms in total. The molecular formula is C5H12BO. The highest BCUT2D eigenvalue weighted by molar-refractivity contribution is 6.27. The fourth-order valence-electron chi connectivity index (χ4n) is 0.530. The maximum atomic E-state index is 8.34. The van der Waals surface area contributed by atoms with E-state index in [4.69, 9.17) is 5.02 Å². The minimum atomic E-state index is 0.380. The Balaban J connectivity index is 2.83. The Bertz CT molecular complexity index is 39.1. The lowest BCUT2D eigenvalue weighted by Crippen LogP contribution is -1.96. The average molecular weight is 99.0 g/mol. The molecule has 0 aromatic heterocycles. The summed E-state index contributed by atoms with van der Waals surface area (Å²) < 4.78 is 0. The Morgan fingerprint density at radius 2 is 2.29 bits per heavy atom. The molecule has 0 spiro atoms. The van der Waals surface area contributed by atoms with Crippen molar-refractivity contribution in [1.82, 2.24) is 0 Å². The van der Waals surface area contributed by atoms with Crippen molar-refractivity contribution in [2.45, 2.75) is 32.5 Å². The fraction of sp³-hybridized carbons (Fsp3) is 1.00. The number of hydrogen-bond acceptors (Lipinski definition) is 1. The molecule has 1 atom stereocenters. The Hall–Kier alpha value is 0.0249. The summed E-state index contributed by atoms with van der Waals surface area (Å²) in [4.78, 5) is 0. The molecule has 7 heavy (non-hydrogen) atoms. The monoisotopic (exact) mass is 99.1 g/mol. The first kappa shape index (κ1) is 7.02. The minimum Gasteiger partial charge on any atom is -0.454 e. The van der Waals surface area contributed by atoms with Crippen LogP contribution in [0.3, 0.4) is 0 Å². The van der Waals surface area contributed by atoms with Crippen molar-refractivity contribution < 1.29 is 5.02 Å². The Morgan fingerprint density at radius 3 is 2.43 bits per heavy atom. The van der Waals surface area contributed by atoms with Crippen molar-refractivity contribution in [2.75, 3.05) is 0 Å². The highest BCUT2D eigenvalue weighted by atomic mass is 16.2. The van der Waals surface area contributed by atoms with E-state index < -0.39 is 0 Å². The molecule has 1 unspecified atom stereocenters. The van der Waals surface area contributed by atoms with E-state index in [0.717, 1.165) is 12.8 Å². The summed E-state index contributed by atoms with van der Waals surface area (Å²) in [5, 5.41) is 8.34. The van der Waals surface area contributed by atoms with Crippen LogP contribution in [0.2, 0.25) is 5.82 Å². The van der Waals surface area contributed by atoms with Crippen molar-refractivity contribution in [1.29, 1.82) is 0 Å². The molecule has 0 fully saturated rings. The Kier molecular flexibility index (Phi) is 4.21. The third kappa shape index (κ3) is 3.87. The van der Waals surface area contributed by atoms with Crippen LogP contribution in [0.1, 0.15) is 26.7 Å². The van der Waals surface area contributed by atoms with E-state index >= 15 is 0 Å². The Labute approximate surface area is 46.0 Å². The van der Waals surface area contributed by atoms with E-state index in [1.807, 2.05) is 6.92 Å². The van der Waals surface area contributed by atoms with Gasteiger partial charge in [0.25, 0.3) is 7.48 Å². The van der Waals surface area contributed by atoms with E-state index in [9.17, 15) is 0 Å². The van der Waals surface area contributed by atoms with Crippen molar-refractivity contribution in [3.63, 3.8) is 0 Å². The van der Waals surface area contributed by atoms with Gasteiger partial charge in [-0.05, 0) is 5.82 Å². The van der Waals surface area contributed by atoms with Crippen LogP contribution in [0.4, 0.5) is 0 Å². The van der Waals surface area contributed by atoms with Gasteiger partial charge in [0, 0.05) is 0 Å². The zero-order valence-electron chi connectivity index (χ0n) is 5.02. The molecule has 0 saturated heterocycles. The van der Waals surface area contributed by atoms with E-state index in [1.165, 1.54) is 7.48 Å². The van der Waals surface area contributed by atoms with Crippen molar-refractivity contribution in [3.8, 4) is 0 Å². The summed E-state index contributed by atoms with van der Waals surface area (Å²) in [6, 6.07) is 0. The van der Waals surface area contributed by atoms with Crippen LogP contribution in [0.25, 0.3) is 0 Å². The second-order valence-corrected chi connectivity index (χ2v) is 1.92. The van der Waals surface area contributed by atoms with Crippen molar-refractivity contribution >= 4 is 7.48 Å². The summed E-state index contributed by atoms with van der Waals surface area (Å²) in [7, 11) is 1.25. The molecule has 0 aliphatic heterocycles. The van der Waals surface area contributed by atoms with E-state index in [1.54, 1.807) is 0 Å². The SMILES string of the molecule is CCCC(C)[B]O. The van der Waals surface area contributed by atoms with Gasteiger partial charge in [0.15, 0.2) is 0 Å². The topological polar surface area (TPSA) is 20.2 Å². The molecule has 41 valence electrons. The molecule has 0 bridgehead atoms. The smallest absolute Gasteiger partial charge is 0.290 e. The summed E-state index contributed by atoms with van der Waals surface area (Å²) in [6.07, 6.45) is 2.24.